The van der Waals surface area contributed by atoms with Gasteiger partial charge in [-0.25, -0.2) is 13.6 Å². The highest BCUT2D eigenvalue weighted by Gasteiger charge is 2.37. The van der Waals surface area contributed by atoms with Gasteiger partial charge in [0, 0.05) is 25.6 Å². The lowest BCUT2D eigenvalue weighted by Crippen LogP contribution is -2.54. The lowest BCUT2D eigenvalue weighted by Gasteiger charge is -2.37. The van der Waals surface area contributed by atoms with Gasteiger partial charge in [0.25, 0.3) is 6.43 Å². The summed E-state index contributed by atoms with van der Waals surface area (Å²) in [6.07, 6.45) is -7.90. The van der Waals surface area contributed by atoms with E-state index in [9.17, 15) is 26.7 Å². The molecule has 1 rings (SSSR count). The summed E-state index contributed by atoms with van der Waals surface area (Å²) in [5.74, 6) is -0.823. The van der Waals surface area contributed by atoms with E-state index in [1.165, 1.54) is 0 Å². The van der Waals surface area contributed by atoms with E-state index in [-0.39, 0.29) is 19.5 Å². The first-order valence-electron chi connectivity index (χ1n) is 5.80. The number of hydrogen-bond acceptors (Lipinski definition) is 2. The molecular formula is C10H16F5N3O. The third-order valence-electron chi connectivity index (χ3n) is 2.93. The summed E-state index contributed by atoms with van der Waals surface area (Å²) in [4.78, 5) is 12.1. The van der Waals surface area contributed by atoms with Gasteiger partial charge in [-0.2, -0.15) is 13.2 Å². The highest BCUT2D eigenvalue weighted by atomic mass is 19.4. The zero-order chi connectivity index (χ0) is 14.6. The molecule has 2 unspecified atom stereocenters. The third-order valence-corrected chi connectivity index (χ3v) is 2.93. The van der Waals surface area contributed by atoms with E-state index in [0.29, 0.717) is 0 Å². The second-order valence-corrected chi connectivity index (χ2v) is 4.66. The molecule has 1 fully saturated rings. The SMILES string of the molecule is NC(=O)N1CC(CC(F)(F)F)CC(NCC(F)F)C1. The molecule has 2 atom stereocenters. The molecule has 1 aliphatic rings. The van der Waals surface area contributed by atoms with E-state index in [2.05, 4.69) is 5.32 Å². The van der Waals surface area contributed by atoms with E-state index >= 15 is 0 Å². The molecule has 0 aromatic carbocycles. The van der Waals surface area contributed by atoms with Crippen LogP contribution < -0.4 is 11.1 Å². The van der Waals surface area contributed by atoms with Gasteiger partial charge < -0.3 is 16.0 Å². The van der Waals surface area contributed by atoms with Gasteiger partial charge in [0.05, 0.1) is 6.54 Å². The standard InChI is InChI=1S/C10H16F5N3O/c11-8(12)3-17-7-1-6(2-10(13,14)15)4-18(5-7)9(16)19/h6-8,17H,1-5H2,(H2,16,19). The van der Waals surface area contributed by atoms with E-state index < -0.39 is 43.6 Å². The van der Waals surface area contributed by atoms with E-state index in [0.717, 1.165) is 4.90 Å². The van der Waals surface area contributed by atoms with Crippen LogP contribution in [0.3, 0.4) is 0 Å². The molecule has 1 heterocycles. The first kappa shape index (κ1) is 15.9. The normalized spacial score (nSPS) is 24.8. The molecule has 1 saturated heterocycles. The topological polar surface area (TPSA) is 58.4 Å². The fourth-order valence-electron chi connectivity index (χ4n) is 2.26. The van der Waals surface area contributed by atoms with Gasteiger partial charge in [-0.1, -0.05) is 0 Å². The maximum absolute atomic E-state index is 12.3. The van der Waals surface area contributed by atoms with Crippen molar-refractivity contribution in [2.24, 2.45) is 11.7 Å². The summed E-state index contributed by atoms with van der Waals surface area (Å²) >= 11 is 0. The summed E-state index contributed by atoms with van der Waals surface area (Å²) in [6, 6.07) is -1.43. The average Bonchev–Trinajstić information content (AvgIpc) is 2.23. The number of halogens is 5. The molecule has 0 saturated carbocycles. The molecule has 0 bridgehead atoms. The van der Waals surface area contributed by atoms with Crippen molar-refractivity contribution >= 4 is 6.03 Å². The van der Waals surface area contributed by atoms with Crippen molar-refractivity contribution in [3.8, 4) is 0 Å². The minimum Gasteiger partial charge on any atom is -0.351 e. The summed E-state index contributed by atoms with van der Waals surface area (Å²) in [5, 5.41) is 2.45. The smallest absolute Gasteiger partial charge is 0.351 e. The summed E-state index contributed by atoms with van der Waals surface area (Å²) in [6.45, 7) is -0.659. The molecule has 19 heavy (non-hydrogen) atoms. The van der Waals surface area contributed by atoms with Gasteiger partial charge in [-0.15, -0.1) is 0 Å². The van der Waals surface area contributed by atoms with Crippen LogP contribution in [-0.2, 0) is 0 Å². The van der Waals surface area contributed by atoms with Gasteiger partial charge in [-0.05, 0) is 12.3 Å². The van der Waals surface area contributed by atoms with Gasteiger partial charge >= 0.3 is 12.2 Å². The minimum absolute atomic E-state index is 0.0520. The monoisotopic (exact) mass is 289 g/mol. The largest absolute Gasteiger partial charge is 0.389 e. The van der Waals surface area contributed by atoms with Crippen molar-refractivity contribution in [1.29, 1.82) is 0 Å². The van der Waals surface area contributed by atoms with Crippen LogP contribution in [0.2, 0.25) is 0 Å². The molecule has 0 spiro atoms. The fraction of sp³-hybridized carbons (Fsp3) is 0.900. The van der Waals surface area contributed by atoms with Crippen molar-refractivity contribution in [1.82, 2.24) is 10.2 Å². The number of nitrogens with two attached hydrogens (primary N) is 1. The number of hydrogen-bond donors (Lipinski definition) is 2. The Bertz CT molecular complexity index is 310. The van der Waals surface area contributed by atoms with Crippen LogP contribution in [0, 0.1) is 5.92 Å². The number of nitrogens with one attached hydrogen (secondary N) is 1. The van der Waals surface area contributed by atoms with Gasteiger partial charge in [0.1, 0.15) is 0 Å². The molecular weight excluding hydrogens is 273 g/mol. The number of piperidine rings is 1. The van der Waals surface area contributed by atoms with Gasteiger partial charge in [0.15, 0.2) is 0 Å². The Morgan fingerprint density at radius 3 is 2.47 bits per heavy atom. The zero-order valence-electron chi connectivity index (χ0n) is 10.1. The lowest BCUT2D eigenvalue weighted by molar-refractivity contribution is -0.148. The number of nitrogens with zero attached hydrogens (tertiary/aromatic N) is 1. The van der Waals surface area contributed by atoms with Crippen molar-refractivity contribution in [2.75, 3.05) is 19.6 Å². The number of carbonyl (C=O) groups is 1. The maximum Gasteiger partial charge on any atom is 0.389 e. The summed E-state index contributed by atoms with van der Waals surface area (Å²) in [5.41, 5.74) is 5.04. The van der Waals surface area contributed by atoms with Crippen LogP contribution in [0.5, 0.6) is 0 Å². The first-order chi connectivity index (χ1) is 8.67. The number of carbonyl (C=O) groups excluding carboxylic acids is 1. The molecule has 2 amide bonds. The Kier molecular flexibility index (Phi) is 5.33. The highest BCUT2D eigenvalue weighted by molar-refractivity contribution is 5.72. The van der Waals surface area contributed by atoms with Crippen LogP contribution in [0.15, 0.2) is 0 Å². The second-order valence-electron chi connectivity index (χ2n) is 4.66. The van der Waals surface area contributed by atoms with Crippen LogP contribution >= 0.6 is 0 Å². The van der Waals surface area contributed by atoms with Crippen LogP contribution in [0.1, 0.15) is 12.8 Å². The molecule has 112 valence electrons. The van der Waals surface area contributed by atoms with Crippen molar-refractivity contribution < 1.29 is 26.7 Å². The Hall–Kier alpha value is -1.12. The molecule has 1 aliphatic heterocycles. The number of rotatable bonds is 4. The van der Waals surface area contributed by atoms with Crippen molar-refractivity contribution in [2.45, 2.75) is 31.5 Å². The minimum atomic E-state index is -4.35. The molecule has 3 N–H and O–H groups in total. The predicted octanol–water partition coefficient (Wildman–Crippen LogP) is 1.56. The van der Waals surface area contributed by atoms with Gasteiger partial charge in [0.2, 0.25) is 0 Å². The van der Waals surface area contributed by atoms with E-state index in [1.807, 2.05) is 0 Å². The Morgan fingerprint density at radius 2 is 2.00 bits per heavy atom. The lowest BCUT2D eigenvalue weighted by atomic mass is 9.91. The Labute approximate surface area is 107 Å². The fourth-order valence-corrected chi connectivity index (χ4v) is 2.26. The Balaban J connectivity index is 2.60. The number of amides is 2. The Morgan fingerprint density at radius 1 is 1.37 bits per heavy atom. The van der Waals surface area contributed by atoms with Crippen LogP contribution in [-0.4, -0.2) is 49.2 Å². The quantitative estimate of drug-likeness (QED) is 0.772. The number of likely N-dealkylation sites (tertiary alicyclic amines) is 1. The average molecular weight is 289 g/mol. The van der Waals surface area contributed by atoms with Crippen molar-refractivity contribution in [3.05, 3.63) is 0 Å². The van der Waals surface area contributed by atoms with E-state index in [1.54, 1.807) is 0 Å². The summed E-state index contributed by atoms with van der Waals surface area (Å²) in [7, 11) is 0. The number of primary amides is 1. The molecule has 9 heteroatoms. The van der Waals surface area contributed by atoms with Crippen LogP contribution in [0.25, 0.3) is 0 Å². The van der Waals surface area contributed by atoms with E-state index in [4.69, 9.17) is 5.73 Å². The predicted molar refractivity (Wildman–Crippen MR) is 57.7 cm³/mol. The maximum atomic E-state index is 12.3. The number of urea groups is 1. The number of alkyl halides is 5. The first-order valence-corrected chi connectivity index (χ1v) is 5.80. The van der Waals surface area contributed by atoms with Gasteiger partial charge in [-0.3, -0.25) is 0 Å². The molecule has 0 aromatic heterocycles. The third kappa shape index (κ3) is 6.04. The van der Waals surface area contributed by atoms with Crippen LogP contribution in [0.4, 0.5) is 26.7 Å². The van der Waals surface area contributed by atoms with Crippen molar-refractivity contribution in [3.63, 3.8) is 0 Å². The molecule has 0 radical (unpaired) electrons. The molecule has 0 aliphatic carbocycles. The second kappa shape index (κ2) is 6.36. The summed E-state index contributed by atoms with van der Waals surface area (Å²) < 4.78 is 61.1. The highest BCUT2D eigenvalue weighted by Crippen LogP contribution is 2.30. The zero-order valence-corrected chi connectivity index (χ0v) is 10.1. The molecule has 0 aromatic rings. The molecule has 4 nitrogen and oxygen atoms in total.